The Morgan fingerprint density at radius 1 is 0.337 bits per heavy atom. The van der Waals surface area contributed by atoms with E-state index in [-0.39, 0.29) is 25.7 Å². The second-order valence-corrected chi connectivity index (χ2v) is 28.1. The van der Waals surface area contributed by atoms with E-state index in [0.717, 1.165) is 108 Å². The number of ether oxygens (including phenoxy) is 4. The number of carbonyl (C=O) groups excluding carboxylic acids is 4. The Bertz CT molecular complexity index is 1700. The molecular weight excluding hydrogens is 1140 g/mol. The molecule has 0 aromatic carbocycles. The van der Waals surface area contributed by atoms with Crippen molar-refractivity contribution in [2.45, 2.75) is 349 Å². The van der Waals surface area contributed by atoms with Gasteiger partial charge in [0.2, 0.25) is 0 Å². The molecule has 0 aliphatic heterocycles. The highest BCUT2D eigenvalue weighted by atomic mass is 31.2. The van der Waals surface area contributed by atoms with Crippen LogP contribution in [0.4, 0.5) is 0 Å². The molecule has 0 amide bonds. The van der Waals surface area contributed by atoms with Gasteiger partial charge < -0.3 is 33.8 Å². The minimum absolute atomic E-state index is 0.102. The number of phosphoric acid groups is 2. The SMILES string of the molecule is CCCCCCCCCCCCCCCC(=O)OC[C@H](COP(=O)(O)OC[C@@H](O)COP(=O)(O)OC[C@@H](COC(=O)CCCCCCCCC(C)C)OC(=O)CCCCCCCCC(C)CC)OC(=O)CCCCCCCCCCCCC(C)CC. The first kappa shape index (κ1) is 84.1. The maximum atomic E-state index is 13.0. The molecule has 0 spiro atoms. The van der Waals surface area contributed by atoms with E-state index in [1.807, 2.05) is 0 Å². The zero-order valence-electron chi connectivity index (χ0n) is 55.8. The van der Waals surface area contributed by atoms with Crippen molar-refractivity contribution in [3.05, 3.63) is 0 Å². The number of aliphatic hydroxyl groups excluding tert-OH is 1. The summed E-state index contributed by atoms with van der Waals surface area (Å²) in [6, 6.07) is 0. The summed E-state index contributed by atoms with van der Waals surface area (Å²) in [7, 11) is -9.89. The summed E-state index contributed by atoms with van der Waals surface area (Å²) >= 11 is 0. The zero-order valence-corrected chi connectivity index (χ0v) is 57.6. The largest absolute Gasteiger partial charge is 0.472 e. The normalized spacial score (nSPS) is 14.9. The highest BCUT2D eigenvalue weighted by molar-refractivity contribution is 7.47. The standard InChI is InChI=1S/C67H130O17P2/c1-8-11-12-13-14-15-16-17-18-22-25-34-41-48-64(69)77-54-62(83-66(71)50-43-36-26-23-20-19-21-24-32-39-46-59(6)9-2)56-81-85(73,74)79-52-61(68)53-80-86(75,76)82-57-63(55-78-65(70)49-42-35-29-27-31-38-45-58(4)5)84-67(72)51-44-37-30-28-33-40-47-60(7)10-3/h58-63,68H,8-57H2,1-7H3,(H,73,74)(H,75,76)/t59?,60?,61-,62-,63-/m1/s1. The number of hydrogen-bond acceptors (Lipinski definition) is 15. The monoisotopic (exact) mass is 1270 g/mol. The van der Waals surface area contributed by atoms with Gasteiger partial charge in [-0.25, -0.2) is 9.13 Å². The highest BCUT2D eigenvalue weighted by Crippen LogP contribution is 2.45. The smallest absolute Gasteiger partial charge is 0.462 e. The molecule has 0 aliphatic rings. The maximum absolute atomic E-state index is 13.0. The van der Waals surface area contributed by atoms with Gasteiger partial charge in [0.25, 0.3) is 0 Å². The van der Waals surface area contributed by atoms with Crippen molar-refractivity contribution in [3.63, 3.8) is 0 Å². The van der Waals surface area contributed by atoms with Crippen LogP contribution in [-0.2, 0) is 65.4 Å². The van der Waals surface area contributed by atoms with Crippen molar-refractivity contribution in [2.24, 2.45) is 17.8 Å². The summed E-state index contributed by atoms with van der Waals surface area (Å²) in [6.07, 6.45) is 40.4. The lowest BCUT2D eigenvalue weighted by Gasteiger charge is -2.21. The predicted molar refractivity (Wildman–Crippen MR) is 344 cm³/mol. The first-order valence-corrected chi connectivity index (χ1v) is 37.9. The lowest BCUT2D eigenvalue weighted by Crippen LogP contribution is -2.30. The summed E-state index contributed by atoms with van der Waals surface area (Å²) in [5.74, 6) is 0.0681. The van der Waals surface area contributed by atoms with Crippen molar-refractivity contribution in [1.82, 2.24) is 0 Å². The molecule has 0 saturated carbocycles. The molecule has 0 heterocycles. The van der Waals surface area contributed by atoms with Gasteiger partial charge in [-0.1, -0.05) is 280 Å². The van der Waals surface area contributed by atoms with Crippen LogP contribution in [0.3, 0.4) is 0 Å². The second kappa shape index (κ2) is 58.2. The van der Waals surface area contributed by atoms with Gasteiger partial charge in [-0.2, -0.15) is 0 Å². The Balaban J connectivity index is 5.25. The Morgan fingerprint density at radius 3 is 0.884 bits per heavy atom. The fraction of sp³-hybridized carbons (Fsp3) is 0.940. The third kappa shape index (κ3) is 58.4. The van der Waals surface area contributed by atoms with Crippen LogP contribution in [0.2, 0.25) is 0 Å². The van der Waals surface area contributed by atoms with E-state index in [9.17, 15) is 43.2 Å². The quantitative estimate of drug-likeness (QED) is 0.0222. The van der Waals surface area contributed by atoms with Crippen molar-refractivity contribution >= 4 is 39.5 Å². The summed E-state index contributed by atoms with van der Waals surface area (Å²) in [4.78, 5) is 72.3. The molecule has 0 fully saturated rings. The average Bonchev–Trinajstić information content (AvgIpc) is 3.69. The van der Waals surface area contributed by atoms with Crippen LogP contribution < -0.4 is 0 Å². The topological polar surface area (TPSA) is 237 Å². The Hall–Kier alpha value is -1.94. The van der Waals surface area contributed by atoms with Gasteiger partial charge in [-0.05, 0) is 43.4 Å². The van der Waals surface area contributed by atoms with Crippen LogP contribution in [0.15, 0.2) is 0 Å². The van der Waals surface area contributed by atoms with Gasteiger partial charge >= 0.3 is 39.5 Å². The molecule has 0 aliphatic carbocycles. The third-order valence-electron chi connectivity index (χ3n) is 16.1. The van der Waals surface area contributed by atoms with E-state index in [1.165, 1.54) is 135 Å². The van der Waals surface area contributed by atoms with Crippen LogP contribution in [0, 0.1) is 17.8 Å². The van der Waals surface area contributed by atoms with Crippen LogP contribution in [0.25, 0.3) is 0 Å². The molecule has 86 heavy (non-hydrogen) atoms. The molecular formula is C67H130O17P2. The number of unbranched alkanes of at least 4 members (excludes halogenated alkanes) is 31. The number of carbonyl (C=O) groups is 4. The minimum Gasteiger partial charge on any atom is -0.462 e. The summed E-state index contributed by atoms with van der Waals surface area (Å²) in [5.41, 5.74) is 0. The van der Waals surface area contributed by atoms with E-state index in [1.54, 1.807) is 0 Å². The number of aliphatic hydroxyl groups is 1. The van der Waals surface area contributed by atoms with Gasteiger partial charge in [0.15, 0.2) is 12.2 Å². The highest BCUT2D eigenvalue weighted by Gasteiger charge is 2.30. The van der Waals surface area contributed by atoms with E-state index in [2.05, 4.69) is 48.5 Å². The first-order chi connectivity index (χ1) is 41.3. The molecule has 0 rings (SSSR count). The van der Waals surface area contributed by atoms with Gasteiger partial charge in [-0.15, -0.1) is 0 Å². The fourth-order valence-corrected chi connectivity index (χ4v) is 11.5. The number of esters is 4. The average molecular weight is 1270 g/mol. The van der Waals surface area contributed by atoms with Gasteiger partial charge in [0, 0.05) is 25.7 Å². The summed E-state index contributed by atoms with van der Waals surface area (Å²) in [5, 5.41) is 10.6. The van der Waals surface area contributed by atoms with Gasteiger partial charge in [0.05, 0.1) is 26.4 Å². The molecule has 0 aromatic rings. The van der Waals surface area contributed by atoms with Crippen molar-refractivity contribution < 1.29 is 80.2 Å². The van der Waals surface area contributed by atoms with Crippen LogP contribution in [0.1, 0.15) is 331 Å². The lowest BCUT2D eigenvalue weighted by molar-refractivity contribution is -0.161. The van der Waals surface area contributed by atoms with E-state index >= 15 is 0 Å². The minimum atomic E-state index is -4.95. The molecule has 0 bridgehead atoms. The zero-order chi connectivity index (χ0) is 63.8. The Kier molecular flexibility index (Phi) is 56.9. The third-order valence-corrected chi connectivity index (χ3v) is 18.0. The van der Waals surface area contributed by atoms with E-state index < -0.39 is 97.5 Å². The van der Waals surface area contributed by atoms with Gasteiger partial charge in [0.1, 0.15) is 19.3 Å². The summed E-state index contributed by atoms with van der Waals surface area (Å²) < 4.78 is 68.1. The predicted octanol–water partition coefficient (Wildman–Crippen LogP) is 18.7. The molecule has 0 saturated heterocycles. The number of rotatable bonds is 65. The van der Waals surface area contributed by atoms with Crippen LogP contribution >= 0.6 is 15.6 Å². The molecule has 510 valence electrons. The van der Waals surface area contributed by atoms with Crippen molar-refractivity contribution in [2.75, 3.05) is 39.6 Å². The number of hydrogen-bond donors (Lipinski definition) is 3. The molecule has 7 atom stereocenters. The van der Waals surface area contributed by atoms with Crippen molar-refractivity contribution in [1.29, 1.82) is 0 Å². The molecule has 17 nitrogen and oxygen atoms in total. The summed E-state index contributed by atoms with van der Waals surface area (Å²) in [6.45, 7) is 11.7. The first-order valence-electron chi connectivity index (χ1n) is 34.9. The molecule has 19 heteroatoms. The molecule has 0 aromatic heterocycles. The maximum Gasteiger partial charge on any atom is 0.472 e. The lowest BCUT2D eigenvalue weighted by atomic mass is 9.99. The molecule has 3 N–H and O–H groups in total. The van der Waals surface area contributed by atoms with E-state index in [0.29, 0.717) is 31.6 Å². The van der Waals surface area contributed by atoms with E-state index in [4.69, 9.17) is 37.0 Å². The van der Waals surface area contributed by atoms with Crippen LogP contribution in [0.5, 0.6) is 0 Å². The van der Waals surface area contributed by atoms with Crippen molar-refractivity contribution in [3.8, 4) is 0 Å². The molecule has 0 radical (unpaired) electrons. The fourth-order valence-electron chi connectivity index (χ4n) is 9.95. The molecule has 4 unspecified atom stereocenters. The number of phosphoric ester groups is 2. The Morgan fingerprint density at radius 2 is 0.593 bits per heavy atom. The van der Waals surface area contributed by atoms with Gasteiger partial charge in [-0.3, -0.25) is 37.3 Å². The van der Waals surface area contributed by atoms with Crippen LogP contribution in [-0.4, -0.2) is 96.7 Å². The second-order valence-electron chi connectivity index (χ2n) is 25.2. The Labute approximate surface area is 524 Å².